The molecule has 2 N–H and O–H groups in total. The van der Waals surface area contributed by atoms with Crippen molar-refractivity contribution < 1.29 is 8.78 Å². The number of rotatable bonds is 4. The second-order valence-electron chi connectivity index (χ2n) is 7.97. The molecule has 1 saturated heterocycles. The van der Waals surface area contributed by atoms with Crippen molar-refractivity contribution >= 4 is 23.7 Å². The van der Waals surface area contributed by atoms with Crippen LogP contribution in [0.3, 0.4) is 0 Å². The Balaban J connectivity index is 1.65. The lowest BCUT2D eigenvalue weighted by Crippen LogP contribution is -2.64. The average molecular weight is 436 g/mol. The van der Waals surface area contributed by atoms with Gasteiger partial charge in [-0.3, -0.25) is 20.3 Å². The summed E-state index contributed by atoms with van der Waals surface area (Å²) in [7, 11) is 0. The van der Waals surface area contributed by atoms with Gasteiger partial charge in [-0.1, -0.05) is 6.92 Å². The van der Waals surface area contributed by atoms with Crippen molar-refractivity contribution in [2.24, 2.45) is 0 Å². The number of hydrogen-bond acceptors (Lipinski definition) is 6. The minimum Gasteiger partial charge on any atom is -0.342 e. The predicted molar refractivity (Wildman–Crippen MR) is 118 cm³/mol. The van der Waals surface area contributed by atoms with Crippen LogP contribution in [-0.2, 0) is 0 Å². The van der Waals surface area contributed by atoms with E-state index in [1.54, 1.807) is 23.2 Å². The fraction of sp³-hybridized carbons (Fsp3) is 0.318. The summed E-state index contributed by atoms with van der Waals surface area (Å²) in [6, 6.07) is 3.62. The molecule has 32 heavy (non-hydrogen) atoms. The lowest BCUT2D eigenvalue weighted by Gasteiger charge is -2.53. The Morgan fingerprint density at radius 2 is 2.03 bits per heavy atom. The van der Waals surface area contributed by atoms with E-state index in [-0.39, 0.29) is 0 Å². The second-order valence-corrected chi connectivity index (χ2v) is 7.97. The van der Waals surface area contributed by atoms with Gasteiger partial charge in [-0.2, -0.15) is 4.98 Å². The van der Waals surface area contributed by atoms with Crippen LogP contribution in [0.1, 0.15) is 32.6 Å². The lowest BCUT2D eigenvalue weighted by atomic mass is 9.80. The third-order valence-corrected chi connectivity index (χ3v) is 6.42. The van der Waals surface area contributed by atoms with Gasteiger partial charge in [-0.25, -0.2) is 18.7 Å². The van der Waals surface area contributed by atoms with Crippen LogP contribution in [0.2, 0.25) is 0 Å². The fourth-order valence-corrected chi connectivity index (χ4v) is 4.76. The van der Waals surface area contributed by atoms with E-state index in [2.05, 4.69) is 21.8 Å². The van der Waals surface area contributed by atoms with Gasteiger partial charge in [0, 0.05) is 24.5 Å². The van der Waals surface area contributed by atoms with Gasteiger partial charge < -0.3 is 4.90 Å². The van der Waals surface area contributed by atoms with Crippen LogP contribution < -0.4 is 9.80 Å². The predicted octanol–water partition coefficient (Wildman–Crippen LogP) is 4.15. The van der Waals surface area contributed by atoms with Crippen molar-refractivity contribution in [2.75, 3.05) is 16.3 Å². The maximum Gasteiger partial charge on any atom is 0.237 e. The van der Waals surface area contributed by atoms with Crippen LogP contribution in [0.25, 0.3) is 17.3 Å². The zero-order valence-electron chi connectivity index (χ0n) is 17.5. The van der Waals surface area contributed by atoms with Crippen molar-refractivity contribution in [2.45, 2.75) is 38.1 Å². The molecule has 5 rings (SSSR count). The van der Waals surface area contributed by atoms with Gasteiger partial charge in [0.15, 0.2) is 17.5 Å². The normalized spacial score (nSPS) is 20.2. The summed E-state index contributed by atoms with van der Waals surface area (Å²) in [5.41, 5.74) is 0.458. The third-order valence-electron chi connectivity index (χ3n) is 6.42. The minimum atomic E-state index is -0.954. The molecule has 0 amide bonds. The van der Waals surface area contributed by atoms with E-state index >= 15 is 0 Å². The van der Waals surface area contributed by atoms with E-state index in [0.717, 1.165) is 50.7 Å². The van der Waals surface area contributed by atoms with E-state index < -0.39 is 17.2 Å². The molecule has 4 heterocycles. The molecule has 10 heteroatoms. The van der Waals surface area contributed by atoms with Gasteiger partial charge in [0.1, 0.15) is 17.3 Å². The number of benzene rings is 1. The maximum absolute atomic E-state index is 13.8. The molecule has 164 valence electrons. The quantitative estimate of drug-likeness (QED) is 0.473. The van der Waals surface area contributed by atoms with Crippen molar-refractivity contribution in [1.82, 2.24) is 19.5 Å². The summed E-state index contributed by atoms with van der Waals surface area (Å²) in [5.74, 6) is -0.145. The summed E-state index contributed by atoms with van der Waals surface area (Å²) in [6.07, 6.45) is 9.49. The maximum atomic E-state index is 13.8. The Kier molecular flexibility index (Phi) is 4.72. The number of piperidine rings is 1. The Labute approximate surface area is 183 Å². The first-order chi connectivity index (χ1) is 15.5. The molecule has 1 aromatic carbocycles. The number of hydrogen-bond donors (Lipinski definition) is 2. The molecular weight excluding hydrogens is 414 g/mol. The first-order valence-electron chi connectivity index (χ1n) is 10.5. The first-order valence-corrected chi connectivity index (χ1v) is 10.5. The fourth-order valence-electron chi connectivity index (χ4n) is 4.76. The lowest BCUT2D eigenvalue weighted by molar-refractivity contribution is 0.374. The van der Waals surface area contributed by atoms with Gasteiger partial charge in [0.05, 0.1) is 18.1 Å². The molecule has 1 unspecified atom stereocenters. The first kappa shape index (κ1) is 20.2. The second kappa shape index (κ2) is 7.47. The number of amidine groups is 1. The van der Waals surface area contributed by atoms with E-state index in [1.165, 1.54) is 11.0 Å². The SMILES string of the molecule is CCC12CCCCN1c1nc(-n3ccnc3-c3ccc(F)c(F)c3)ncc1N(C=N)C2=N. The van der Waals surface area contributed by atoms with Crippen LogP contribution in [0.15, 0.2) is 36.8 Å². The highest BCUT2D eigenvalue weighted by atomic mass is 19.2. The zero-order chi connectivity index (χ0) is 22.5. The standard InChI is InChI=1S/C22H22F2N8/c1-2-22-7-3-4-9-32(22)19-17(31(13-25)20(22)26)12-28-21(29-19)30-10-8-27-18(30)14-5-6-15(23)16(24)11-14/h5-6,8,10-13,25-26H,2-4,7,9H2,1H3. The van der Waals surface area contributed by atoms with Crippen LogP contribution in [0.4, 0.5) is 20.3 Å². The van der Waals surface area contributed by atoms with Gasteiger partial charge in [-0.15, -0.1) is 0 Å². The van der Waals surface area contributed by atoms with Gasteiger partial charge >= 0.3 is 0 Å². The van der Waals surface area contributed by atoms with Gasteiger partial charge in [0.25, 0.3) is 0 Å². The smallest absolute Gasteiger partial charge is 0.237 e. The van der Waals surface area contributed by atoms with E-state index in [9.17, 15) is 8.78 Å². The molecule has 0 radical (unpaired) electrons. The highest BCUT2D eigenvalue weighted by Crippen LogP contribution is 2.45. The van der Waals surface area contributed by atoms with E-state index in [0.29, 0.717) is 34.7 Å². The van der Waals surface area contributed by atoms with Crippen molar-refractivity contribution in [3.63, 3.8) is 0 Å². The molecule has 1 fully saturated rings. The van der Waals surface area contributed by atoms with Crippen LogP contribution in [0.5, 0.6) is 0 Å². The summed E-state index contributed by atoms with van der Waals surface area (Å²) < 4.78 is 28.9. The number of aromatic nitrogens is 4. The third kappa shape index (κ3) is 2.82. The molecular formula is C22H22F2N8. The van der Waals surface area contributed by atoms with Gasteiger partial charge in [0.2, 0.25) is 5.95 Å². The van der Waals surface area contributed by atoms with E-state index in [4.69, 9.17) is 15.8 Å². The number of nitrogens with zero attached hydrogens (tertiary/aromatic N) is 6. The summed E-state index contributed by atoms with van der Waals surface area (Å²) in [6.45, 7) is 2.81. The molecule has 2 aliphatic rings. The van der Waals surface area contributed by atoms with Gasteiger partial charge in [-0.05, 0) is 43.9 Å². The topological polar surface area (TPSA) is 97.8 Å². The molecule has 2 aromatic heterocycles. The number of anilines is 2. The molecule has 3 aromatic rings. The molecule has 8 nitrogen and oxygen atoms in total. The highest BCUT2D eigenvalue weighted by Gasteiger charge is 2.49. The summed E-state index contributed by atoms with van der Waals surface area (Å²) in [5, 5.41) is 16.7. The summed E-state index contributed by atoms with van der Waals surface area (Å²) >= 11 is 0. The molecule has 0 saturated carbocycles. The number of fused-ring (bicyclic) bond motifs is 3. The van der Waals surface area contributed by atoms with Crippen molar-refractivity contribution in [3.8, 4) is 17.3 Å². The Hall–Kier alpha value is -3.69. The minimum absolute atomic E-state index is 0.329. The number of imidazole rings is 1. The Bertz CT molecular complexity index is 1220. The largest absolute Gasteiger partial charge is 0.342 e. The van der Waals surface area contributed by atoms with Crippen molar-refractivity contribution in [1.29, 1.82) is 10.8 Å². The molecule has 2 aliphatic heterocycles. The highest BCUT2D eigenvalue weighted by molar-refractivity contribution is 6.18. The molecule has 0 spiro atoms. The van der Waals surface area contributed by atoms with Crippen LogP contribution in [-0.4, -0.2) is 43.8 Å². The zero-order valence-corrected chi connectivity index (χ0v) is 17.5. The van der Waals surface area contributed by atoms with Crippen molar-refractivity contribution in [3.05, 3.63) is 48.4 Å². The number of nitrogens with one attached hydrogen (secondary N) is 2. The Morgan fingerprint density at radius 1 is 1.19 bits per heavy atom. The molecule has 0 bridgehead atoms. The Morgan fingerprint density at radius 3 is 2.78 bits per heavy atom. The number of halogens is 2. The average Bonchev–Trinajstić information content (AvgIpc) is 3.31. The van der Waals surface area contributed by atoms with Crippen LogP contribution >= 0.6 is 0 Å². The monoisotopic (exact) mass is 436 g/mol. The molecule has 0 aliphatic carbocycles. The summed E-state index contributed by atoms with van der Waals surface area (Å²) in [4.78, 5) is 17.3. The van der Waals surface area contributed by atoms with E-state index in [1.807, 2.05) is 0 Å². The molecule has 1 atom stereocenters. The van der Waals surface area contributed by atoms with Crippen LogP contribution in [0, 0.1) is 22.5 Å².